The molecule has 0 fully saturated rings. The van der Waals surface area contributed by atoms with Crippen LogP contribution in [0, 0.1) is 0 Å². The lowest BCUT2D eigenvalue weighted by molar-refractivity contribution is 0.266. The first-order chi connectivity index (χ1) is 14.1. The zero-order valence-electron chi connectivity index (χ0n) is 17.3. The van der Waals surface area contributed by atoms with Crippen LogP contribution < -0.4 is 0 Å². The van der Waals surface area contributed by atoms with Gasteiger partial charge in [-0.05, 0) is 73.9 Å². The van der Waals surface area contributed by atoms with Crippen molar-refractivity contribution in [3.63, 3.8) is 0 Å². The molecule has 0 spiro atoms. The smallest absolute Gasteiger partial charge is 0.283 e. The highest BCUT2D eigenvalue weighted by atomic mass is 33.1. The molecule has 0 saturated carbocycles. The first-order valence-electron chi connectivity index (χ1n) is 8.64. The van der Waals surface area contributed by atoms with Gasteiger partial charge in [-0.2, -0.15) is 0 Å². The molecule has 0 saturated heterocycles. The van der Waals surface area contributed by atoms with E-state index in [0.29, 0.717) is 11.5 Å². The molecule has 0 amide bonds. The molecule has 0 aromatic carbocycles. The molecular formula is C15H26O6S9. The molecule has 6 nitrogen and oxygen atoms in total. The SMILES string of the molecule is CC(C)OSC(=O)SSCC(CSSC(=O)SOC(C)C)SSC(=O)SOC(C)C. The maximum atomic E-state index is 11.9. The first kappa shape index (κ1) is 32.0. The Labute approximate surface area is 216 Å². The zero-order valence-corrected chi connectivity index (χ0v) is 24.7. The molecule has 0 bridgehead atoms. The monoisotopic (exact) mass is 590 g/mol. The minimum absolute atomic E-state index is 0.0238. The predicted molar refractivity (Wildman–Crippen MR) is 147 cm³/mol. The summed E-state index contributed by atoms with van der Waals surface area (Å²) < 4.78 is 15.3. The highest BCUT2D eigenvalue weighted by molar-refractivity contribution is 8.88. The summed E-state index contributed by atoms with van der Waals surface area (Å²) in [6.07, 6.45) is -0.0824. The number of carbonyl (C=O) groups is 3. The Morgan fingerprint density at radius 2 is 0.933 bits per heavy atom. The minimum Gasteiger partial charge on any atom is -0.305 e. The van der Waals surface area contributed by atoms with Gasteiger partial charge in [0.15, 0.2) is 0 Å². The van der Waals surface area contributed by atoms with Crippen molar-refractivity contribution in [1.29, 1.82) is 0 Å². The Hall–Kier alpha value is 2.04. The Morgan fingerprint density at radius 3 is 1.27 bits per heavy atom. The lowest BCUT2D eigenvalue weighted by Crippen LogP contribution is -2.08. The maximum absolute atomic E-state index is 11.9. The van der Waals surface area contributed by atoms with E-state index in [2.05, 4.69) is 0 Å². The second-order valence-corrected chi connectivity index (χ2v) is 16.0. The van der Waals surface area contributed by atoms with Crippen molar-refractivity contribution in [3.8, 4) is 0 Å². The van der Waals surface area contributed by atoms with Crippen molar-refractivity contribution >= 4 is 114 Å². The second-order valence-electron chi connectivity index (χ2n) is 5.97. The van der Waals surface area contributed by atoms with E-state index in [0.717, 1.165) is 68.5 Å². The van der Waals surface area contributed by atoms with Gasteiger partial charge < -0.3 is 12.5 Å². The van der Waals surface area contributed by atoms with Crippen molar-refractivity contribution in [1.82, 2.24) is 0 Å². The normalized spacial score (nSPS) is 11.8. The molecule has 0 atom stereocenters. The fourth-order valence-corrected chi connectivity index (χ4v) is 10.7. The number of hydrogen-bond acceptors (Lipinski definition) is 15. The van der Waals surface area contributed by atoms with Crippen LogP contribution in [0.2, 0.25) is 0 Å². The van der Waals surface area contributed by atoms with Gasteiger partial charge in [0.05, 0.1) is 54.4 Å². The lowest BCUT2D eigenvalue weighted by Gasteiger charge is -2.14. The van der Waals surface area contributed by atoms with Gasteiger partial charge in [0.25, 0.3) is 13.3 Å². The molecule has 15 heteroatoms. The summed E-state index contributed by atoms with van der Waals surface area (Å²) in [7, 11) is 7.59. The van der Waals surface area contributed by atoms with Crippen molar-refractivity contribution in [2.75, 3.05) is 11.5 Å². The molecule has 30 heavy (non-hydrogen) atoms. The predicted octanol–water partition coefficient (Wildman–Crippen LogP) is 9.08. The number of rotatable bonds is 14. The third kappa shape index (κ3) is 21.9. The molecule has 0 rings (SSSR count). The van der Waals surface area contributed by atoms with Crippen LogP contribution in [0.1, 0.15) is 41.5 Å². The van der Waals surface area contributed by atoms with Crippen molar-refractivity contribution in [2.24, 2.45) is 0 Å². The van der Waals surface area contributed by atoms with Gasteiger partial charge in [-0.15, -0.1) is 0 Å². The highest BCUT2D eigenvalue weighted by Crippen LogP contribution is 2.41. The summed E-state index contributed by atoms with van der Waals surface area (Å²) >= 11 is 2.51. The third-order valence-corrected chi connectivity index (χ3v) is 12.9. The quantitative estimate of drug-likeness (QED) is 0.142. The lowest BCUT2D eigenvalue weighted by atomic mass is 10.5. The van der Waals surface area contributed by atoms with E-state index in [1.54, 1.807) is 0 Å². The molecular weight excluding hydrogens is 565 g/mol. The Balaban J connectivity index is 4.37. The van der Waals surface area contributed by atoms with Crippen LogP contribution in [-0.4, -0.2) is 48.4 Å². The van der Waals surface area contributed by atoms with Crippen LogP contribution in [-0.2, 0) is 12.5 Å². The fraction of sp³-hybridized carbons (Fsp3) is 0.800. The van der Waals surface area contributed by atoms with Gasteiger partial charge >= 0.3 is 0 Å². The molecule has 0 aromatic rings. The number of carbonyl (C=O) groups excluding carboxylic acids is 3. The molecule has 0 radical (unpaired) electrons. The van der Waals surface area contributed by atoms with E-state index in [4.69, 9.17) is 12.5 Å². The molecule has 0 aromatic heterocycles. The van der Waals surface area contributed by atoms with Crippen LogP contribution in [0.15, 0.2) is 0 Å². The molecule has 0 aliphatic rings. The summed E-state index contributed by atoms with van der Waals surface area (Å²) in [5.41, 5.74) is 0. The van der Waals surface area contributed by atoms with Crippen LogP contribution in [0.5, 0.6) is 0 Å². The topological polar surface area (TPSA) is 78.9 Å². The zero-order chi connectivity index (χ0) is 22.9. The second kappa shape index (κ2) is 20.4. The van der Waals surface area contributed by atoms with Crippen molar-refractivity contribution in [3.05, 3.63) is 0 Å². The summed E-state index contributed by atoms with van der Waals surface area (Å²) in [5.74, 6) is 1.27. The van der Waals surface area contributed by atoms with Crippen molar-refractivity contribution in [2.45, 2.75) is 65.1 Å². The van der Waals surface area contributed by atoms with E-state index < -0.39 is 0 Å². The molecule has 0 aliphatic carbocycles. The van der Waals surface area contributed by atoms with Gasteiger partial charge in [0, 0.05) is 16.8 Å². The molecule has 0 unspecified atom stereocenters. The van der Waals surface area contributed by atoms with E-state index >= 15 is 0 Å². The molecule has 0 N–H and O–H groups in total. The third-order valence-electron chi connectivity index (χ3n) is 1.94. The Bertz CT molecular complexity index is 477. The summed E-state index contributed by atoms with van der Waals surface area (Å²) in [6.45, 7) is 11.2. The molecule has 0 heterocycles. The molecule has 0 aliphatic heterocycles. The highest BCUT2D eigenvalue weighted by Gasteiger charge is 2.18. The summed E-state index contributed by atoms with van der Waals surface area (Å²) in [4.78, 5) is 35.5. The van der Waals surface area contributed by atoms with E-state index in [-0.39, 0.29) is 36.9 Å². The van der Waals surface area contributed by atoms with Gasteiger partial charge in [-0.1, -0.05) is 32.4 Å². The van der Waals surface area contributed by atoms with Crippen LogP contribution in [0.25, 0.3) is 0 Å². The average Bonchev–Trinajstić information content (AvgIpc) is 2.66. The van der Waals surface area contributed by atoms with E-state index in [1.807, 2.05) is 41.5 Å². The van der Waals surface area contributed by atoms with E-state index in [9.17, 15) is 14.4 Å². The number of hydrogen-bond donors (Lipinski definition) is 0. The van der Waals surface area contributed by atoms with Crippen LogP contribution >= 0.6 is 101 Å². The Morgan fingerprint density at radius 1 is 0.600 bits per heavy atom. The van der Waals surface area contributed by atoms with Gasteiger partial charge in [-0.25, -0.2) is 0 Å². The summed E-state index contributed by atoms with van der Waals surface area (Å²) in [5, 5.41) is 0.0567. The van der Waals surface area contributed by atoms with Crippen molar-refractivity contribution < 1.29 is 26.9 Å². The Kier molecular flexibility index (Phi) is 21.8. The summed E-state index contributed by atoms with van der Waals surface area (Å²) in [6, 6.07) is 0. The molecule has 176 valence electrons. The van der Waals surface area contributed by atoms with E-state index in [1.165, 1.54) is 32.4 Å². The minimum atomic E-state index is -0.136. The van der Waals surface area contributed by atoms with Crippen LogP contribution in [0.4, 0.5) is 14.4 Å². The average molecular weight is 591 g/mol. The van der Waals surface area contributed by atoms with Gasteiger partial charge in [0.2, 0.25) is 0 Å². The van der Waals surface area contributed by atoms with Gasteiger partial charge in [0.1, 0.15) is 0 Å². The van der Waals surface area contributed by atoms with Gasteiger partial charge in [-0.3, -0.25) is 14.4 Å². The maximum Gasteiger partial charge on any atom is 0.283 e. The van der Waals surface area contributed by atoms with Crippen LogP contribution in [0.3, 0.4) is 0 Å². The first-order valence-corrected chi connectivity index (χ1v) is 17.7. The largest absolute Gasteiger partial charge is 0.305 e. The fourth-order valence-electron chi connectivity index (χ4n) is 0.975. The standard InChI is InChI=1S/C15H26O6S9/c1-9(2)19-24-13(16)28-22-7-12(27-30-15(18)26-21-11(5)6)8-23-29-14(17)25-20-10(3)4/h9-12H,7-8H2,1-6H3.